The van der Waals surface area contributed by atoms with Gasteiger partial charge in [-0.15, -0.1) is 0 Å². The van der Waals surface area contributed by atoms with Gasteiger partial charge in [0, 0.05) is 0 Å². The average molecular weight is 339 g/mol. The molecule has 1 heterocycles. The first kappa shape index (κ1) is 18.3. The molecule has 0 spiro atoms. The van der Waals surface area contributed by atoms with Gasteiger partial charge in [-0.1, -0.05) is 20.8 Å². The molecule has 1 aliphatic heterocycles. The average Bonchev–Trinajstić information content (AvgIpc) is 3.24. The summed E-state index contributed by atoms with van der Waals surface area (Å²) >= 11 is 0. The Morgan fingerprint density at radius 3 is 2.25 bits per heavy atom. The quantitative estimate of drug-likeness (QED) is 0.183. The molecule has 1 saturated carbocycles. The highest BCUT2D eigenvalue weighted by Crippen LogP contribution is 2.43. The lowest BCUT2D eigenvalue weighted by atomic mass is 9.84. The van der Waals surface area contributed by atoms with Crippen LogP contribution in [0, 0.1) is 5.92 Å². The van der Waals surface area contributed by atoms with Crippen LogP contribution in [0.4, 0.5) is 0 Å². The molecule has 0 bridgehead atoms. The van der Waals surface area contributed by atoms with Crippen LogP contribution in [0.1, 0.15) is 33.6 Å². The summed E-state index contributed by atoms with van der Waals surface area (Å²) in [6.07, 6.45) is -0.881. The summed E-state index contributed by atoms with van der Waals surface area (Å²) in [6.45, 7) is 5.62. The standard InChI is InChI=1S/C15H25N5O4/c1-4-8(19-13(23)7(16)5-6(2)3)15(20-14(17)18)11(21)9-10(24-9)12(15)22/h6-10H,4-5,16H2,1-3H3,(H,19,23)(H4,17,18,20)/t7-,8?,9?,10?,15?/m0/s1. The molecule has 2 rings (SSSR count). The molecule has 134 valence electrons. The third-order valence-corrected chi connectivity index (χ3v) is 4.36. The molecule has 4 atom stereocenters. The molecule has 1 saturated heterocycles. The smallest absolute Gasteiger partial charge is 0.237 e. The van der Waals surface area contributed by atoms with Gasteiger partial charge >= 0.3 is 0 Å². The van der Waals surface area contributed by atoms with E-state index in [0.29, 0.717) is 6.42 Å². The fourth-order valence-corrected chi connectivity index (χ4v) is 3.20. The molecule has 9 nitrogen and oxygen atoms in total. The minimum Gasteiger partial charge on any atom is -0.370 e. The predicted octanol–water partition coefficient (Wildman–Crippen LogP) is -1.81. The van der Waals surface area contributed by atoms with Crippen LogP contribution in [0.15, 0.2) is 4.99 Å². The second kappa shape index (κ2) is 6.48. The van der Waals surface area contributed by atoms with Gasteiger partial charge in [0.2, 0.25) is 23.0 Å². The summed E-state index contributed by atoms with van der Waals surface area (Å²) in [5.41, 5.74) is 14.9. The maximum atomic E-state index is 12.6. The van der Waals surface area contributed by atoms with E-state index in [4.69, 9.17) is 21.9 Å². The number of hydrogen-bond acceptors (Lipinski definition) is 6. The monoisotopic (exact) mass is 339 g/mol. The van der Waals surface area contributed by atoms with Crippen LogP contribution in [0.3, 0.4) is 0 Å². The topological polar surface area (TPSA) is 166 Å². The van der Waals surface area contributed by atoms with Gasteiger partial charge in [-0.2, -0.15) is 0 Å². The van der Waals surface area contributed by atoms with Crippen molar-refractivity contribution in [2.75, 3.05) is 0 Å². The maximum absolute atomic E-state index is 12.6. The van der Waals surface area contributed by atoms with Crippen molar-refractivity contribution in [1.82, 2.24) is 5.32 Å². The van der Waals surface area contributed by atoms with Crippen LogP contribution in [0.5, 0.6) is 0 Å². The van der Waals surface area contributed by atoms with E-state index in [1.54, 1.807) is 6.92 Å². The first-order chi connectivity index (χ1) is 11.1. The van der Waals surface area contributed by atoms with Gasteiger partial charge in [-0.05, 0) is 18.8 Å². The Kier molecular flexibility index (Phi) is 4.95. The van der Waals surface area contributed by atoms with Crippen molar-refractivity contribution >= 4 is 23.4 Å². The lowest BCUT2D eigenvalue weighted by Gasteiger charge is -2.33. The van der Waals surface area contributed by atoms with Crippen molar-refractivity contribution in [2.24, 2.45) is 28.1 Å². The van der Waals surface area contributed by atoms with E-state index in [9.17, 15) is 14.4 Å². The zero-order valence-electron chi connectivity index (χ0n) is 14.1. The van der Waals surface area contributed by atoms with E-state index in [1.165, 1.54) is 0 Å². The maximum Gasteiger partial charge on any atom is 0.237 e. The molecular formula is C15H25N5O4. The number of ether oxygens (including phenoxy) is 1. The largest absolute Gasteiger partial charge is 0.370 e. The number of carbonyl (C=O) groups excluding carboxylic acids is 3. The lowest BCUT2D eigenvalue weighted by Crippen LogP contribution is -2.62. The minimum atomic E-state index is -1.83. The molecule has 2 aliphatic rings. The molecular weight excluding hydrogens is 314 g/mol. The van der Waals surface area contributed by atoms with E-state index in [1.807, 2.05) is 13.8 Å². The summed E-state index contributed by atoms with van der Waals surface area (Å²) in [4.78, 5) is 41.5. The number of nitrogens with one attached hydrogen (secondary N) is 1. The van der Waals surface area contributed by atoms with Crippen molar-refractivity contribution in [1.29, 1.82) is 0 Å². The number of nitrogens with two attached hydrogens (primary N) is 3. The van der Waals surface area contributed by atoms with Crippen LogP contribution < -0.4 is 22.5 Å². The Bertz CT molecular complexity index is 564. The van der Waals surface area contributed by atoms with E-state index >= 15 is 0 Å². The molecule has 9 heteroatoms. The summed E-state index contributed by atoms with van der Waals surface area (Å²) in [5.74, 6) is -1.64. The molecule has 2 fully saturated rings. The number of aliphatic imine (C=N–C) groups is 1. The summed E-state index contributed by atoms with van der Waals surface area (Å²) < 4.78 is 5.03. The van der Waals surface area contributed by atoms with E-state index < -0.39 is 53.3 Å². The first-order valence-electron chi connectivity index (χ1n) is 8.05. The number of hydrogen-bond donors (Lipinski definition) is 4. The van der Waals surface area contributed by atoms with Gasteiger partial charge in [0.15, 0.2) is 18.2 Å². The number of epoxide rings is 1. The molecule has 7 N–H and O–H groups in total. The number of amides is 1. The molecule has 0 aromatic rings. The van der Waals surface area contributed by atoms with Gasteiger partial charge in [-0.3, -0.25) is 14.4 Å². The zero-order chi connectivity index (χ0) is 18.2. The van der Waals surface area contributed by atoms with Crippen molar-refractivity contribution in [3.63, 3.8) is 0 Å². The number of nitrogens with zero attached hydrogens (tertiary/aromatic N) is 1. The second-order valence-corrected chi connectivity index (χ2v) is 6.71. The van der Waals surface area contributed by atoms with Crippen LogP contribution in [-0.2, 0) is 19.1 Å². The minimum absolute atomic E-state index is 0.230. The Labute approximate surface area is 140 Å². The van der Waals surface area contributed by atoms with Crippen LogP contribution in [0.2, 0.25) is 0 Å². The van der Waals surface area contributed by atoms with E-state index in [-0.39, 0.29) is 12.3 Å². The lowest BCUT2D eigenvalue weighted by molar-refractivity contribution is -0.137. The van der Waals surface area contributed by atoms with E-state index in [2.05, 4.69) is 10.3 Å². The highest BCUT2D eigenvalue weighted by Gasteiger charge is 2.73. The fourth-order valence-electron chi connectivity index (χ4n) is 3.20. The second-order valence-electron chi connectivity index (χ2n) is 6.71. The zero-order valence-corrected chi connectivity index (χ0v) is 14.1. The number of rotatable bonds is 7. The van der Waals surface area contributed by atoms with Crippen molar-refractivity contribution in [2.45, 2.75) is 63.4 Å². The van der Waals surface area contributed by atoms with Crippen LogP contribution >= 0.6 is 0 Å². The summed E-state index contributed by atoms with van der Waals surface area (Å²) in [5, 5.41) is 2.68. The number of carbonyl (C=O) groups is 3. The predicted molar refractivity (Wildman–Crippen MR) is 86.9 cm³/mol. The molecule has 24 heavy (non-hydrogen) atoms. The molecule has 3 unspecified atom stereocenters. The third-order valence-electron chi connectivity index (χ3n) is 4.36. The molecule has 1 aliphatic carbocycles. The van der Waals surface area contributed by atoms with Gasteiger partial charge in [0.05, 0.1) is 12.1 Å². The Morgan fingerprint density at radius 2 is 1.83 bits per heavy atom. The normalized spacial score (nSPS) is 30.7. The van der Waals surface area contributed by atoms with Crippen molar-refractivity contribution in [3.8, 4) is 0 Å². The third kappa shape index (κ3) is 3.01. The SMILES string of the molecule is CCC(NC(=O)[C@@H](N)CC(C)C)C1(N=C(N)N)C(=O)C2OC2C1=O. The number of guanidine groups is 1. The van der Waals surface area contributed by atoms with Crippen LogP contribution in [0.25, 0.3) is 0 Å². The summed E-state index contributed by atoms with van der Waals surface area (Å²) in [7, 11) is 0. The molecule has 0 aromatic heterocycles. The van der Waals surface area contributed by atoms with Crippen molar-refractivity contribution in [3.05, 3.63) is 0 Å². The number of ketones is 2. The van der Waals surface area contributed by atoms with Gasteiger partial charge in [0.25, 0.3) is 0 Å². The Hall–Kier alpha value is -2.00. The molecule has 0 radical (unpaired) electrons. The fraction of sp³-hybridized carbons (Fsp3) is 0.733. The van der Waals surface area contributed by atoms with Gasteiger partial charge < -0.3 is 27.3 Å². The highest BCUT2D eigenvalue weighted by molar-refractivity contribution is 6.26. The first-order valence-corrected chi connectivity index (χ1v) is 8.05. The van der Waals surface area contributed by atoms with Crippen molar-refractivity contribution < 1.29 is 19.1 Å². The van der Waals surface area contributed by atoms with Crippen LogP contribution in [-0.4, -0.2) is 53.3 Å². The number of Topliss-reactive ketones (excluding diaryl/α,β-unsaturated/α-hetero) is 2. The van der Waals surface area contributed by atoms with Gasteiger partial charge in [0.1, 0.15) is 0 Å². The Morgan fingerprint density at radius 1 is 1.29 bits per heavy atom. The van der Waals surface area contributed by atoms with E-state index in [0.717, 1.165) is 0 Å². The molecule has 1 amide bonds. The summed E-state index contributed by atoms with van der Waals surface area (Å²) in [6, 6.07) is -1.62. The number of fused-ring (bicyclic) bond motifs is 1. The highest BCUT2D eigenvalue weighted by atomic mass is 16.6. The molecule has 0 aromatic carbocycles. The van der Waals surface area contributed by atoms with Gasteiger partial charge in [-0.25, -0.2) is 4.99 Å². The Balaban J connectivity index is 2.28.